The number of hydrogen-bond acceptors (Lipinski definition) is 4. The van der Waals surface area contributed by atoms with E-state index >= 15 is 0 Å². The smallest absolute Gasteiger partial charge is 0.264 e. The second-order valence-electron chi connectivity index (χ2n) is 10.6. The predicted octanol–water partition coefficient (Wildman–Crippen LogP) is 7.43. The van der Waals surface area contributed by atoms with Crippen molar-refractivity contribution in [1.82, 2.24) is 10.2 Å². The number of hydrogen-bond donors (Lipinski definition) is 1. The van der Waals surface area contributed by atoms with E-state index in [4.69, 9.17) is 23.2 Å². The van der Waals surface area contributed by atoms with Crippen molar-refractivity contribution in [3.63, 3.8) is 0 Å². The number of nitrogens with one attached hydrogen (secondary N) is 1. The van der Waals surface area contributed by atoms with Gasteiger partial charge in [0.15, 0.2) is 0 Å². The average molecular weight is 732 g/mol. The second kappa shape index (κ2) is 15.8. The van der Waals surface area contributed by atoms with Gasteiger partial charge in [0.1, 0.15) is 12.6 Å². The van der Waals surface area contributed by atoms with E-state index in [1.807, 2.05) is 44.2 Å². The molecule has 1 N–H and O–H groups in total. The van der Waals surface area contributed by atoms with Crippen molar-refractivity contribution < 1.29 is 18.0 Å². The van der Waals surface area contributed by atoms with Crippen molar-refractivity contribution in [2.75, 3.05) is 17.4 Å². The maximum atomic E-state index is 14.5. The molecule has 0 bridgehead atoms. The van der Waals surface area contributed by atoms with Gasteiger partial charge in [-0.25, -0.2) is 8.42 Å². The summed E-state index contributed by atoms with van der Waals surface area (Å²) in [6.07, 6.45) is 0.920. The van der Waals surface area contributed by atoms with Gasteiger partial charge in [0.05, 0.1) is 20.6 Å². The molecule has 0 saturated heterocycles. The lowest BCUT2D eigenvalue weighted by molar-refractivity contribution is -0.140. The van der Waals surface area contributed by atoms with Crippen LogP contribution in [0.5, 0.6) is 0 Å². The lowest BCUT2D eigenvalue weighted by Crippen LogP contribution is -2.53. The van der Waals surface area contributed by atoms with Crippen molar-refractivity contribution in [3.8, 4) is 0 Å². The molecular formula is C34H34BrCl2N3O4S. The highest BCUT2D eigenvalue weighted by molar-refractivity contribution is 9.10. The molecule has 236 valence electrons. The van der Waals surface area contributed by atoms with E-state index in [2.05, 4.69) is 21.2 Å². The van der Waals surface area contributed by atoms with Crippen molar-refractivity contribution in [2.45, 2.75) is 44.2 Å². The molecule has 11 heteroatoms. The maximum Gasteiger partial charge on any atom is 0.264 e. The van der Waals surface area contributed by atoms with Crippen molar-refractivity contribution >= 4 is 66.7 Å². The molecule has 0 aliphatic heterocycles. The Balaban J connectivity index is 1.80. The van der Waals surface area contributed by atoms with Crippen LogP contribution in [0.2, 0.25) is 10.0 Å². The Labute approximate surface area is 283 Å². The minimum absolute atomic E-state index is 0.00841. The summed E-state index contributed by atoms with van der Waals surface area (Å²) >= 11 is 15.9. The van der Waals surface area contributed by atoms with Crippen LogP contribution in [0.1, 0.15) is 30.0 Å². The van der Waals surface area contributed by atoms with Crippen LogP contribution >= 0.6 is 39.1 Å². The molecule has 0 aliphatic rings. The molecule has 0 aromatic heterocycles. The van der Waals surface area contributed by atoms with Crippen LogP contribution in [0.25, 0.3) is 0 Å². The Morgan fingerprint density at radius 3 is 2.16 bits per heavy atom. The van der Waals surface area contributed by atoms with Crippen LogP contribution in [-0.4, -0.2) is 44.3 Å². The third kappa shape index (κ3) is 9.10. The number of carbonyl (C=O) groups excluding carboxylic acids is 2. The lowest BCUT2D eigenvalue weighted by atomic mass is 10.0. The fourth-order valence-corrected chi connectivity index (χ4v) is 6.73. The monoisotopic (exact) mass is 729 g/mol. The van der Waals surface area contributed by atoms with Gasteiger partial charge in [-0.1, -0.05) is 100 Å². The van der Waals surface area contributed by atoms with Crippen molar-refractivity contribution in [2.24, 2.45) is 0 Å². The Hall–Kier alpha value is -3.37. The molecular weight excluding hydrogens is 697 g/mol. The first kappa shape index (κ1) is 34.5. The summed E-state index contributed by atoms with van der Waals surface area (Å²) in [6, 6.07) is 26.6. The van der Waals surface area contributed by atoms with Crippen molar-refractivity contribution in [1.29, 1.82) is 0 Å². The van der Waals surface area contributed by atoms with Crippen LogP contribution in [0.15, 0.2) is 106 Å². The summed E-state index contributed by atoms with van der Waals surface area (Å²) in [5.74, 6) is -0.905. The standard InChI is InChI=1S/C34H34BrCl2N3O4S/c1-3-19-38-34(42)32(21-25-7-5-4-6-8-25)39(22-26-11-18-30(36)31(37)20-26)33(41)23-40(28-14-12-27(35)13-15-28)45(43,44)29-16-9-24(2)10-17-29/h4-18,20,32H,3,19,21-23H2,1-2H3,(H,38,42)/t32-/m1/s1. The third-order valence-electron chi connectivity index (χ3n) is 7.16. The van der Waals surface area contributed by atoms with E-state index in [0.717, 1.165) is 19.9 Å². The number of aryl methyl sites for hydroxylation is 1. The Bertz CT molecular complexity index is 1720. The summed E-state index contributed by atoms with van der Waals surface area (Å²) in [7, 11) is -4.19. The van der Waals surface area contributed by atoms with Gasteiger partial charge in [-0.15, -0.1) is 0 Å². The lowest BCUT2D eigenvalue weighted by Gasteiger charge is -2.34. The van der Waals surface area contributed by atoms with E-state index < -0.39 is 28.5 Å². The highest BCUT2D eigenvalue weighted by Crippen LogP contribution is 2.28. The van der Waals surface area contributed by atoms with Crippen LogP contribution in [0, 0.1) is 6.92 Å². The number of amides is 2. The number of anilines is 1. The Kier molecular flexibility index (Phi) is 12.1. The molecule has 0 heterocycles. The topological polar surface area (TPSA) is 86.8 Å². The van der Waals surface area contributed by atoms with Crippen molar-refractivity contribution in [3.05, 3.63) is 128 Å². The normalized spacial score (nSPS) is 11.9. The first-order valence-corrected chi connectivity index (χ1v) is 17.4. The number of nitrogens with zero attached hydrogens (tertiary/aromatic N) is 2. The van der Waals surface area contributed by atoms with Gasteiger partial charge in [0, 0.05) is 24.0 Å². The van der Waals surface area contributed by atoms with Gasteiger partial charge in [-0.3, -0.25) is 13.9 Å². The zero-order valence-corrected chi connectivity index (χ0v) is 28.8. The average Bonchev–Trinajstić information content (AvgIpc) is 3.03. The van der Waals surface area contributed by atoms with E-state index in [1.165, 1.54) is 17.0 Å². The molecule has 0 fully saturated rings. The number of carbonyl (C=O) groups is 2. The molecule has 7 nitrogen and oxygen atoms in total. The fraction of sp³-hybridized carbons (Fsp3) is 0.235. The van der Waals surface area contributed by atoms with Crippen LogP contribution in [0.4, 0.5) is 5.69 Å². The number of rotatable bonds is 13. The van der Waals surface area contributed by atoms with Crippen LogP contribution in [-0.2, 0) is 32.6 Å². The molecule has 0 unspecified atom stereocenters. The highest BCUT2D eigenvalue weighted by atomic mass is 79.9. The second-order valence-corrected chi connectivity index (χ2v) is 14.2. The zero-order chi connectivity index (χ0) is 32.6. The number of sulfonamides is 1. The molecule has 0 aliphatic carbocycles. The van der Waals surface area contributed by atoms with E-state index in [0.29, 0.717) is 34.3 Å². The molecule has 45 heavy (non-hydrogen) atoms. The SMILES string of the molecule is CCCNC(=O)[C@@H](Cc1ccccc1)N(Cc1ccc(Cl)c(Cl)c1)C(=O)CN(c1ccc(Br)cc1)S(=O)(=O)c1ccc(C)cc1. The van der Waals surface area contributed by atoms with E-state index in [9.17, 15) is 18.0 Å². The fourth-order valence-electron chi connectivity index (χ4n) is 4.73. The highest BCUT2D eigenvalue weighted by Gasteiger charge is 2.34. The summed E-state index contributed by atoms with van der Waals surface area (Å²) < 4.78 is 30.0. The first-order valence-electron chi connectivity index (χ1n) is 14.4. The molecule has 0 radical (unpaired) electrons. The number of benzene rings is 4. The largest absolute Gasteiger partial charge is 0.354 e. The van der Waals surface area contributed by atoms with Gasteiger partial charge in [0.25, 0.3) is 10.0 Å². The minimum atomic E-state index is -4.19. The quantitative estimate of drug-likeness (QED) is 0.155. The summed E-state index contributed by atoms with van der Waals surface area (Å²) in [5, 5.41) is 3.58. The molecule has 4 rings (SSSR count). The summed E-state index contributed by atoms with van der Waals surface area (Å²) in [4.78, 5) is 29.6. The van der Waals surface area contributed by atoms with Crippen LogP contribution < -0.4 is 9.62 Å². The summed E-state index contributed by atoms with van der Waals surface area (Å²) in [6.45, 7) is 3.67. The minimum Gasteiger partial charge on any atom is -0.354 e. The van der Waals surface area contributed by atoms with Crippen LogP contribution in [0.3, 0.4) is 0 Å². The van der Waals surface area contributed by atoms with Gasteiger partial charge >= 0.3 is 0 Å². The van der Waals surface area contributed by atoms with Gasteiger partial charge in [0.2, 0.25) is 11.8 Å². The molecule has 0 spiro atoms. The third-order valence-corrected chi connectivity index (χ3v) is 10.2. The molecule has 2 amide bonds. The molecule has 4 aromatic rings. The zero-order valence-electron chi connectivity index (χ0n) is 24.9. The van der Waals surface area contributed by atoms with Gasteiger partial charge in [-0.05, 0) is 73.0 Å². The maximum absolute atomic E-state index is 14.5. The molecule has 1 atom stereocenters. The number of halogens is 3. The predicted molar refractivity (Wildman–Crippen MR) is 184 cm³/mol. The summed E-state index contributed by atoms with van der Waals surface area (Å²) in [5.41, 5.74) is 2.68. The molecule has 4 aromatic carbocycles. The van der Waals surface area contributed by atoms with Gasteiger partial charge < -0.3 is 10.2 Å². The Morgan fingerprint density at radius 1 is 0.867 bits per heavy atom. The first-order chi connectivity index (χ1) is 21.5. The molecule has 0 saturated carbocycles. The van der Waals surface area contributed by atoms with E-state index in [1.54, 1.807) is 54.6 Å². The Morgan fingerprint density at radius 2 is 1.53 bits per heavy atom. The van der Waals surface area contributed by atoms with E-state index in [-0.39, 0.29) is 23.8 Å². The van der Waals surface area contributed by atoms with Gasteiger partial charge in [-0.2, -0.15) is 0 Å².